The highest BCUT2D eigenvalue weighted by atomic mass is 16.5. The number of aliphatic hydroxyl groups excluding tert-OH is 2. The molecule has 3 N–H and O–H groups in total. The van der Waals surface area contributed by atoms with Gasteiger partial charge in [0.15, 0.2) is 0 Å². The summed E-state index contributed by atoms with van der Waals surface area (Å²) in [6.07, 6.45) is 52.5. The fourth-order valence-corrected chi connectivity index (χ4v) is 6.53. The molecule has 55 heavy (non-hydrogen) atoms. The molecule has 0 aliphatic heterocycles. The molecule has 6 nitrogen and oxygen atoms in total. The van der Waals surface area contributed by atoms with Crippen LogP contribution in [0.2, 0.25) is 0 Å². The molecule has 0 fully saturated rings. The van der Waals surface area contributed by atoms with E-state index in [1.807, 2.05) is 60.8 Å². The van der Waals surface area contributed by atoms with E-state index in [0.717, 1.165) is 57.8 Å². The van der Waals surface area contributed by atoms with Crippen LogP contribution in [0.1, 0.15) is 201 Å². The molecule has 3 atom stereocenters. The van der Waals surface area contributed by atoms with Gasteiger partial charge in [-0.2, -0.15) is 0 Å². The first-order chi connectivity index (χ1) is 27.0. The normalized spacial score (nSPS) is 14.1. The van der Waals surface area contributed by atoms with Crippen LogP contribution in [0.3, 0.4) is 0 Å². The van der Waals surface area contributed by atoms with Gasteiger partial charge in [-0.3, -0.25) is 9.59 Å². The maximum Gasteiger partial charge on any atom is 0.306 e. The number of unbranched alkanes of at least 4 members (excludes halogenated alkanes) is 20. The number of allylic oxidation sites excluding steroid dienone is 12. The van der Waals surface area contributed by atoms with Gasteiger partial charge in [-0.1, -0.05) is 222 Å². The zero-order valence-electron chi connectivity index (χ0n) is 35.8. The Bertz CT molecular complexity index is 1040. The number of esters is 1. The fraction of sp³-hybridized carbons (Fsp3) is 0.714. The van der Waals surface area contributed by atoms with Gasteiger partial charge in [-0.25, -0.2) is 0 Å². The zero-order valence-corrected chi connectivity index (χ0v) is 35.8. The first-order valence-electron chi connectivity index (χ1n) is 22.7. The van der Waals surface area contributed by atoms with E-state index in [2.05, 4.69) is 38.2 Å². The van der Waals surface area contributed by atoms with Crippen LogP contribution in [0, 0.1) is 0 Å². The molecule has 0 aromatic rings. The Labute approximate surface area is 339 Å². The number of amides is 1. The van der Waals surface area contributed by atoms with Crippen molar-refractivity contribution in [1.29, 1.82) is 0 Å². The molecule has 0 aliphatic rings. The monoisotopic (exact) mass is 768 g/mol. The van der Waals surface area contributed by atoms with Crippen LogP contribution in [0.25, 0.3) is 0 Å². The van der Waals surface area contributed by atoms with Crippen LogP contribution in [-0.2, 0) is 14.3 Å². The maximum atomic E-state index is 13.1. The van der Waals surface area contributed by atoms with Gasteiger partial charge >= 0.3 is 5.97 Å². The highest BCUT2D eigenvalue weighted by Gasteiger charge is 2.24. The highest BCUT2D eigenvalue weighted by Crippen LogP contribution is 2.16. The smallest absolute Gasteiger partial charge is 0.306 e. The molecule has 1 amide bonds. The predicted octanol–water partition coefficient (Wildman–Crippen LogP) is 13.1. The van der Waals surface area contributed by atoms with Gasteiger partial charge in [0.1, 0.15) is 6.10 Å². The van der Waals surface area contributed by atoms with Gasteiger partial charge in [0.25, 0.3) is 0 Å². The third kappa shape index (κ3) is 38.0. The first-order valence-corrected chi connectivity index (χ1v) is 22.7. The Balaban J connectivity index is 4.79. The topological polar surface area (TPSA) is 95.9 Å². The van der Waals surface area contributed by atoms with Crippen LogP contribution in [0.15, 0.2) is 72.9 Å². The van der Waals surface area contributed by atoms with Gasteiger partial charge in [0, 0.05) is 6.42 Å². The molecule has 0 bridgehead atoms. The van der Waals surface area contributed by atoms with Crippen molar-refractivity contribution in [2.24, 2.45) is 0 Å². The van der Waals surface area contributed by atoms with Crippen molar-refractivity contribution >= 4 is 11.9 Å². The molecule has 0 aliphatic carbocycles. The van der Waals surface area contributed by atoms with Gasteiger partial charge in [-0.05, 0) is 38.5 Å². The second-order valence-electron chi connectivity index (χ2n) is 15.2. The average Bonchev–Trinajstić information content (AvgIpc) is 3.18. The van der Waals surface area contributed by atoms with E-state index in [9.17, 15) is 19.8 Å². The maximum absolute atomic E-state index is 13.1. The van der Waals surface area contributed by atoms with E-state index >= 15 is 0 Å². The molecule has 0 radical (unpaired) electrons. The Morgan fingerprint density at radius 3 is 1.45 bits per heavy atom. The van der Waals surface area contributed by atoms with Crippen LogP contribution in [0.5, 0.6) is 0 Å². The zero-order chi connectivity index (χ0) is 40.3. The molecule has 316 valence electrons. The van der Waals surface area contributed by atoms with Crippen molar-refractivity contribution < 1.29 is 24.5 Å². The summed E-state index contributed by atoms with van der Waals surface area (Å²) in [6.45, 7) is 6.27. The molecule has 0 saturated heterocycles. The van der Waals surface area contributed by atoms with Gasteiger partial charge < -0.3 is 20.3 Å². The van der Waals surface area contributed by atoms with Crippen LogP contribution < -0.4 is 5.32 Å². The molecule has 0 heterocycles. The second-order valence-corrected chi connectivity index (χ2v) is 15.2. The minimum Gasteiger partial charge on any atom is -0.462 e. The van der Waals surface area contributed by atoms with Crippen LogP contribution >= 0.6 is 0 Å². The van der Waals surface area contributed by atoms with E-state index in [0.29, 0.717) is 19.3 Å². The Morgan fingerprint density at radius 2 is 0.982 bits per heavy atom. The predicted molar refractivity (Wildman–Crippen MR) is 236 cm³/mol. The number of aliphatic hydroxyl groups is 2. The molecule has 3 unspecified atom stereocenters. The quantitative estimate of drug-likeness (QED) is 0.0329. The van der Waals surface area contributed by atoms with Gasteiger partial charge in [-0.15, -0.1) is 0 Å². The molecule has 6 heteroatoms. The first kappa shape index (κ1) is 52.3. The summed E-state index contributed by atoms with van der Waals surface area (Å²) in [5.41, 5.74) is 0. The minimum absolute atomic E-state index is 0.0253. The number of hydrogen-bond donors (Lipinski definition) is 3. The summed E-state index contributed by atoms with van der Waals surface area (Å²) in [6, 6.07) is -0.725. The van der Waals surface area contributed by atoms with E-state index < -0.39 is 18.2 Å². The Morgan fingerprint density at radius 1 is 0.545 bits per heavy atom. The summed E-state index contributed by atoms with van der Waals surface area (Å²) in [4.78, 5) is 25.9. The lowest BCUT2D eigenvalue weighted by Crippen LogP contribution is -2.46. The fourth-order valence-electron chi connectivity index (χ4n) is 6.53. The SMILES string of the molecule is CC\C=C/C=C/C=C/C=C\C=C\C=C\CCCC(CC(=O)NC(CO)C(O)CCCCCCCCCCCC)OC(=O)CCCCCCCCCCCCC. The number of carbonyl (C=O) groups excluding carboxylic acids is 2. The number of hydrogen-bond acceptors (Lipinski definition) is 5. The van der Waals surface area contributed by atoms with Crippen LogP contribution in [-0.4, -0.2) is 46.9 Å². The lowest BCUT2D eigenvalue weighted by molar-refractivity contribution is -0.151. The van der Waals surface area contributed by atoms with Crippen molar-refractivity contribution in [1.82, 2.24) is 5.32 Å². The number of nitrogens with one attached hydrogen (secondary N) is 1. The average molecular weight is 768 g/mol. The number of ether oxygens (including phenoxy) is 1. The van der Waals surface area contributed by atoms with Crippen molar-refractivity contribution in [3.63, 3.8) is 0 Å². The highest BCUT2D eigenvalue weighted by molar-refractivity contribution is 5.77. The van der Waals surface area contributed by atoms with Crippen molar-refractivity contribution in [3.05, 3.63) is 72.9 Å². The molecular formula is C49H85NO5. The summed E-state index contributed by atoms with van der Waals surface area (Å²) in [5.74, 6) is -0.554. The summed E-state index contributed by atoms with van der Waals surface area (Å²) >= 11 is 0. The Kier molecular flexibility index (Phi) is 40.4. The molecule has 0 saturated carbocycles. The largest absolute Gasteiger partial charge is 0.462 e. The van der Waals surface area contributed by atoms with E-state index in [1.165, 1.54) is 96.3 Å². The van der Waals surface area contributed by atoms with Crippen LogP contribution in [0.4, 0.5) is 0 Å². The lowest BCUT2D eigenvalue weighted by Gasteiger charge is -2.24. The molecule has 0 spiro atoms. The minimum atomic E-state index is -0.807. The van der Waals surface area contributed by atoms with Crippen molar-refractivity contribution in [3.8, 4) is 0 Å². The lowest BCUT2D eigenvalue weighted by atomic mass is 10.0. The summed E-state index contributed by atoms with van der Waals surface area (Å²) in [7, 11) is 0. The van der Waals surface area contributed by atoms with Gasteiger partial charge in [0.05, 0.1) is 25.2 Å². The molecule has 0 aromatic carbocycles. The summed E-state index contributed by atoms with van der Waals surface area (Å²) < 4.78 is 5.86. The molecule has 0 aromatic heterocycles. The van der Waals surface area contributed by atoms with E-state index in [1.54, 1.807) is 0 Å². The number of rotatable bonds is 39. The van der Waals surface area contributed by atoms with Gasteiger partial charge in [0.2, 0.25) is 5.91 Å². The molecule has 0 rings (SSSR count). The number of carbonyl (C=O) groups is 2. The third-order valence-corrected chi connectivity index (χ3v) is 9.96. The van der Waals surface area contributed by atoms with E-state index in [4.69, 9.17) is 4.74 Å². The van der Waals surface area contributed by atoms with Crippen molar-refractivity contribution in [2.45, 2.75) is 219 Å². The second kappa shape index (κ2) is 42.4. The third-order valence-electron chi connectivity index (χ3n) is 9.96. The summed E-state index contributed by atoms with van der Waals surface area (Å²) in [5, 5.41) is 23.6. The Hall–Kier alpha value is -2.70. The standard InChI is InChI=1S/C49H85NO5/c1-4-7-10-13-16-19-22-23-24-25-27-28-31-34-37-40-45(55-49(54)42-39-36-33-30-26-20-17-14-11-8-5-2)43-48(53)50-46(44-51)47(52)41-38-35-32-29-21-18-15-12-9-6-3/h7,10,13,16,19,22-25,27-28,31,45-47,51-52H,4-6,8-9,11-12,14-15,17-18,20-21,26,29-30,32-44H2,1-3H3,(H,50,53)/b10-7-,16-13+,22-19+,24-23-,27-25+,31-28+. The van der Waals surface area contributed by atoms with E-state index in [-0.39, 0.29) is 24.9 Å². The van der Waals surface area contributed by atoms with Crippen molar-refractivity contribution in [2.75, 3.05) is 6.61 Å². The molecular weight excluding hydrogens is 683 g/mol.